The Kier molecular flexibility index (Phi) is 4.09. The number of aliphatic hydroxyl groups is 1. The van der Waals surface area contributed by atoms with E-state index < -0.39 is 28.1 Å². The Morgan fingerprint density at radius 2 is 1.91 bits per heavy atom. The summed E-state index contributed by atoms with van der Waals surface area (Å²) in [7, 11) is -2.69. The number of nitrogens with zero attached hydrogens (tertiary/aromatic N) is 1. The lowest BCUT2D eigenvalue weighted by Crippen LogP contribution is -2.41. The van der Waals surface area contributed by atoms with Crippen LogP contribution in [0.4, 0.5) is 0 Å². The molecule has 1 aliphatic rings. The summed E-state index contributed by atoms with van der Waals surface area (Å²) in [5, 5.41) is 11.5. The molecule has 0 unspecified atom stereocenters. The van der Waals surface area contributed by atoms with Crippen molar-refractivity contribution < 1.29 is 23.1 Å². The van der Waals surface area contributed by atoms with Crippen molar-refractivity contribution in [2.75, 3.05) is 13.7 Å². The largest absolute Gasteiger partial charge is 0.468 e. The number of rotatable bonds is 3. The minimum Gasteiger partial charge on any atom is -0.468 e. The van der Waals surface area contributed by atoms with E-state index in [-0.39, 0.29) is 17.9 Å². The molecule has 1 saturated heterocycles. The van der Waals surface area contributed by atoms with E-state index >= 15 is 0 Å². The van der Waals surface area contributed by atoms with Gasteiger partial charge in [0.1, 0.15) is 6.04 Å². The first-order valence-corrected chi connectivity index (χ1v) is 8.64. The molecule has 0 aromatic heterocycles. The third-order valence-electron chi connectivity index (χ3n) is 4.03. The number of hydrogen-bond donors (Lipinski definition) is 1. The van der Waals surface area contributed by atoms with Crippen molar-refractivity contribution >= 4 is 26.8 Å². The van der Waals surface area contributed by atoms with Gasteiger partial charge in [0, 0.05) is 13.0 Å². The van der Waals surface area contributed by atoms with Gasteiger partial charge in [-0.2, -0.15) is 4.31 Å². The Bertz CT molecular complexity index is 848. The van der Waals surface area contributed by atoms with Crippen molar-refractivity contribution in [3.8, 4) is 0 Å². The second kappa shape index (κ2) is 5.92. The van der Waals surface area contributed by atoms with Crippen molar-refractivity contribution in [3.05, 3.63) is 42.5 Å². The summed E-state index contributed by atoms with van der Waals surface area (Å²) in [5.74, 6) is -0.661. The number of hydrogen-bond acceptors (Lipinski definition) is 5. The number of ether oxygens (including phenoxy) is 1. The van der Waals surface area contributed by atoms with E-state index in [0.717, 1.165) is 15.1 Å². The van der Waals surface area contributed by atoms with Crippen LogP contribution in [0.1, 0.15) is 6.42 Å². The highest BCUT2D eigenvalue weighted by molar-refractivity contribution is 7.89. The predicted octanol–water partition coefficient (Wildman–Crippen LogP) is 1.14. The Balaban J connectivity index is 2.03. The molecule has 2 aromatic carbocycles. The molecule has 0 saturated carbocycles. The maximum atomic E-state index is 12.9. The standard InChI is InChI=1S/C16H17NO5S/c1-22-16(19)15-9-13(18)10-17(15)23(20,21)14-7-6-11-4-2-3-5-12(11)8-14/h2-8,13,15,18H,9-10H2,1H3/t13-,15+/m1/s1. The third-order valence-corrected chi connectivity index (χ3v) is 5.91. The summed E-state index contributed by atoms with van der Waals surface area (Å²) >= 11 is 0. The maximum absolute atomic E-state index is 12.9. The smallest absolute Gasteiger partial charge is 0.324 e. The highest BCUT2D eigenvalue weighted by atomic mass is 32.2. The Hall–Kier alpha value is -1.96. The molecular weight excluding hydrogens is 318 g/mol. The van der Waals surface area contributed by atoms with Crippen LogP contribution < -0.4 is 0 Å². The van der Waals surface area contributed by atoms with Crippen molar-refractivity contribution in [1.82, 2.24) is 4.31 Å². The molecule has 0 amide bonds. The van der Waals surface area contributed by atoms with Crippen molar-refractivity contribution in [1.29, 1.82) is 0 Å². The van der Waals surface area contributed by atoms with Crippen molar-refractivity contribution in [3.63, 3.8) is 0 Å². The molecule has 0 aliphatic carbocycles. The van der Waals surface area contributed by atoms with E-state index in [9.17, 15) is 18.3 Å². The first-order valence-electron chi connectivity index (χ1n) is 7.20. The molecule has 122 valence electrons. The quantitative estimate of drug-likeness (QED) is 0.850. The summed E-state index contributed by atoms with van der Waals surface area (Å²) in [6.45, 7) is -0.116. The Morgan fingerprint density at radius 3 is 2.61 bits per heavy atom. The number of fused-ring (bicyclic) bond motifs is 1. The number of carbonyl (C=O) groups excluding carboxylic acids is 1. The Morgan fingerprint density at radius 1 is 1.22 bits per heavy atom. The van der Waals surface area contributed by atoms with Gasteiger partial charge in [0.25, 0.3) is 0 Å². The summed E-state index contributed by atoms with van der Waals surface area (Å²) in [6.07, 6.45) is -0.839. The van der Waals surface area contributed by atoms with Gasteiger partial charge in [-0.25, -0.2) is 8.42 Å². The molecule has 6 nitrogen and oxygen atoms in total. The van der Waals surface area contributed by atoms with Crippen LogP contribution in [0.2, 0.25) is 0 Å². The van der Waals surface area contributed by atoms with Crippen LogP contribution in [0.15, 0.2) is 47.4 Å². The lowest BCUT2D eigenvalue weighted by Gasteiger charge is -2.22. The fourth-order valence-electron chi connectivity index (χ4n) is 2.86. The molecule has 7 heteroatoms. The third kappa shape index (κ3) is 2.83. The molecule has 1 aliphatic heterocycles. The van der Waals surface area contributed by atoms with Crippen molar-refractivity contribution in [2.45, 2.75) is 23.5 Å². The molecule has 0 spiro atoms. The Labute approximate surface area is 134 Å². The van der Waals surface area contributed by atoms with Crippen LogP contribution in [0.25, 0.3) is 10.8 Å². The van der Waals surface area contributed by atoms with Gasteiger partial charge in [-0.15, -0.1) is 0 Å². The van der Waals surface area contributed by atoms with E-state index in [1.54, 1.807) is 12.1 Å². The molecule has 3 rings (SSSR count). The fourth-order valence-corrected chi connectivity index (χ4v) is 4.53. The zero-order valence-corrected chi connectivity index (χ0v) is 13.4. The summed E-state index contributed by atoms with van der Waals surface area (Å²) in [4.78, 5) is 11.9. The number of β-amino-alcohol motifs (C(OH)–C–C–N with tert-alkyl or cyclic N) is 1. The van der Waals surface area contributed by atoms with E-state index in [4.69, 9.17) is 0 Å². The van der Waals surface area contributed by atoms with Gasteiger partial charge in [0.15, 0.2) is 0 Å². The minimum absolute atomic E-state index is 0.0412. The predicted molar refractivity (Wildman–Crippen MR) is 84.3 cm³/mol. The van der Waals surface area contributed by atoms with E-state index in [1.807, 2.05) is 24.3 Å². The van der Waals surface area contributed by atoms with Crippen LogP contribution in [-0.4, -0.2) is 49.6 Å². The van der Waals surface area contributed by atoms with Crippen molar-refractivity contribution in [2.24, 2.45) is 0 Å². The van der Waals surface area contributed by atoms with Gasteiger partial charge in [-0.3, -0.25) is 4.79 Å². The average Bonchev–Trinajstić information content (AvgIpc) is 2.96. The number of carbonyl (C=O) groups is 1. The van der Waals surface area contributed by atoms with Crippen LogP contribution in [0.5, 0.6) is 0 Å². The second-order valence-electron chi connectivity index (χ2n) is 5.51. The zero-order chi connectivity index (χ0) is 16.6. The second-order valence-corrected chi connectivity index (χ2v) is 7.40. The van der Waals surface area contributed by atoms with Gasteiger partial charge in [0.05, 0.1) is 18.1 Å². The lowest BCUT2D eigenvalue weighted by molar-refractivity contribution is -0.144. The minimum atomic E-state index is -3.89. The molecule has 1 heterocycles. The van der Waals surface area contributed by atoms with Gasteiger partial charge in [0.2, 0.25) is 10.0 Å². The highest BCUT2D eigenvalue weighted by Gasteiger charge is 2.44. The van der Waals surface area contributed by atoms with Gasteiger partial charge in [-0.05, 0) is 22.9 Å². The molecule has 0 radical (unpaired) electrons. The number of benzene rings is 2. The van der Waals surface area contributed by atoms with Crippen LogP contribution in [0.3, 0.4) is 0 Å². The van der Waals surface area contributed by atoms with Gasteiger partial charge in [-0.1, -0.05) is 30.3 Å². The number of aliphatic hydroxyl groups excluding tert-OH is 1. The summed E-state index contributed by atoms with van der Waals surface area (Å²) < 4.78 is 31.4. The molecule has 2 atom stereocenters. The topological polar surface area (TPSA) is 83.9 Å². The molecule has 1 N–H and O–H groups in total. The SMILES string of the molecule is COC(=O)[C@@H]1C[C@@H](O)CN1S(=O)(=O)c1ccc2ccccc2c1. The van der Waals surface area contributed by atoms with Crippen LogP contribution >= 0.6 is 0 Å². The number of esters is 1. The molecular formula is C16H17NO5S. The fraction of sp³-hybridized carbons (Fsp3) is 0.312. The van der Waals surface area contributed by atoms with Gasteiger partial charge < -0.3 is 9.84 Å². The van der Waals surface area contributed by atoms with Crippen LogP contribution in [-0.2, 0) is 19.6 Å². The molecule has 23 heavy (non-hydrogen) atoms. The first-order chi connectivity index (χ1) is 10.9. The zero-order valence-electron chi connectivity index (χ0n) is 12.5. The number of methoxy groups -OCH3 is 1. The monoisotopic (exact) mass is 335 g/mol. The summed E-state index contributed by atoms with van der Waals surface area (Å²) in [6, 6.07) is 11.2. The van der Waals surface area contributed by atoms with Gasteiger partial charge >= 0.3 is 5.97 Å². The van der Waals surface area contributed by atoms with Crippen LogP contribution in [0, 0.1) is 0 Å². The summed E-state index contributed by atoms with van der Waals surface area (Å²) in [5.41, 5.74) is 0. The van der Waals surface area contributed by atoms with E-state index in [0.29, 0.717) is 0 Å². The number of sulfonamides is 1. The maximum Gasteiger partial charge on any atom is 0.324 e. The average molecular weight is 335 g/mol. The molecule has 2 aromatic rings. The van der Waals surface area contributed by atoms with E-state index in [1.165, 1.54) is 13.2 Å². The lowest BCUT2D eigenvalue weighted by atomic mass is 10.1. The first kappa shape index (κ1) is 15.9. The molecule has 1 fully saturated rings. The highest BCUT2D eigenvalue weighted by Crippen LogP contribution is 2.28. The molecule has 0 bridgehead atoms. The van der Waals surface area contributed by atoms with E-state index in [2.05, 4.69) is 4.74 Å². The normalized spacial score (nSPS) is 22.3.